The molecule has 20 heavy (non-hydrogen) atoms. The average molecular weight is 310 g/mol. The summed E-state index contributed by atoms with van der Waals surface area (Å²) in [5, 5.41) is 7.80. The molecule has 0 saturated heterocycles. The van der Waals surface area contributed by atoms with Crippen LogP contribution in [0.3, 0.4) is 0 Å². The number of aromatic nitrogens is 2. The third-order valence-corrected chi connectivity index (χ3v) is 5.28. The lowest BCUT2D eigenvalue weighted by Gasteiger charge is -2.08. The van der Waals surface area contributed by atoms with Gasteiger partial charge in [-0.2, -0.15) is 0 Å². The van der Waals surface area contributed by atoms with E-state index in [-0.39, 0.29) is 0 Å². The van der Waals surface area contributed by atoms with E-state index in [2.05, 4.69) is 45.3 Å². The Bertz CT molecular complexity index is 557. The van der Waals surface area contributed by atoms with E-state index in [1.807, 2.05) is 0 Å². The van der Waals surface area contributed by atoms with Gasteiger partial charge < -0.3 is 5.32 Å². The summed E-state index contributed by atoms with van der Waals surface area (Å²) in [5.74, 6) is 0.439. The van der Waals surface area contributed by atoms with Crippen LogP contribution in [0.2, 0.25) is 0 Å². The quantitative estimate of drug-likeness (QED) is 0.800. The smallest absolute Gasteiger partial charge is 0.183 e. The van der Waals surface area contributed by atoms with Crippen LogP contribution >= 0.6 is 22.7 Å². The first kappa shape index (κ1) is 15.4. The minimum Gasteiger partial charge on any atom is -0.359 e. The van der Waals surface area contributed by atoms with Crippen molar-refractivity contribution in [2.75, 3.05) is 5.32 Å². The van der Waals surface area contributed by atoms with Crippen molar-refractivity contribution in [3.63, 3.8) is 0 Å². The van der Waals surface area contributed by atoms with Gasteiger partial charge in [0.2, 0.25) is 0 Å². The van der Waals surface area contributed by atoms with E-state index >= 15 is 0 Å². The summed E-state index contributed by atoms with van der Waals surface area (Å²) < 4.78 is 0. The summed E-state index contributed by atoms with van der Waals surface area (Å²) in [4.78, 5) is 10.7. The number of hydrogen-bond donors (Lipinski definition) is 1. The predicted octanol–water partition coefficient (Wildman–Crippen LogP) is 5.16. The molecule has 0 amide bonds. The molecule has 2 aromatic heterocycles. The molecule has 2 aromatic rings. The summed E-state index contributed by atoms with van der Waals surface area (Å²) in [6, 6.07) is 0.464. The van der Waals surface area contributed by atoms with Crippen molar-refractivity contribution in [1.82, 2.24) is 9.97 Å². The number of thiazole rings is 2. The first-order valence-corrected chi connectivity index (χ1v) is 8.96. The standard InChI is InChI=1S/C15H23N3S2/c1-6-10(5)16-15-17-11(8-19-15)14-13(9(3)4)18-12(7-2)20-14/h8-10H,6-7H2,1-5H3,(H,16,17). The molecule has 0 saturated carbocycles. The Morgan fingerprint density at radius 2 is 1.95 bits per heavy atom. The maximum atomic E-state index is 4.75. The molecule has 0 aliphatic carbocycles. The van der Waals surface area contributed by atoms with Gasteiger partial charge in [0.25, 0.3) is 0 Å². The Balaban J connectivity index is 2.29. The molecule has 0 bridgehead atoms. The molecular formula is C15H23N3S2. The van der Waals surface area contributed by atoms with Gasteiger partial charge >= 0.3 is 0 Å². The second-order valence-electron chi connectivity index (χ2n) is 5.32. The SMILES string of the molecule is CCc1nc(C(C)C)c(-c2csc(NC(C)CC)n2)s1. The molecule has 1 N–H and O–H groups in total. The summed E-state index contributed by atoms with van der Waals surface area (Å²) in [6.45, 7) is 10.9. The zero-order chi connectivity index (χ0) is 14.7. The van der Waals surface area contributed by atoms with Gasteiger partial charge in [-0.1, -0.05) is 27.7 Å². The fraction of sp³-hybridized carbons (Fsp3) is 0.600. The van der Waals surface area contributed by atoms with Crippen LogP contribution in [0.1, 0.15) is 57.7 Å². The second kappa shape index (κ2) is 6.68. The monoisotopic (exact) mass is 309 g/mol. The van der Waals surface area contributed by atoms with Crippen molar-refractivity contribution in [1.29, 1.82) is 0 Å². The van der Waals surface area contributed by atoms with E-state index in [1.165, 1.54) is 15.6 Å². The second-order valence-corrected chi connectivity index (χ2v) is 7.26. The fourth-order valence-corrected chi connectivity index (χ4v) is 3.87. The molecule has 0 aliphatic rings. The van der Waals surface area contributed by atoms with Gasteiger partial charge in [-0.25, -0.2) is 9.97 Å². The van der Waals surface area contributed by atoms with Crippen LogP contribution in [0, 0.1) is 0 Å². The highest BCUT2D eigenvalue weighted by Gasteiger charge is 2.17. The van der Waals surface area contributed by atoms with Gasteiger partial charge in [0.05, 0.1) is 21.3 Å². The van der Waals surface area contributed by atoms with Crippen molar-refractivity contribution in [3.8, 4) is 10.6 Å². The van der Waals surface area contributed by atoms with E-state index in [4.69, 9.17) is 9.97 Å². The molecule has 5 heteroatoms. The Morgan fingerprint density at radius 1 is 1.20 bits per heavy atom. The lowest BCUT2D eigenvalue weighted by Crippen LogP contribution is -2.12. The highest BCUT2D eigenvalue weighted by Crippen LogP contribution is 2.36. The van der Waals surface area contributed by atoms with Crippen LogP contribution in [-0.2, 0) is 6.42 Å². The molecule has 1 unspecified atom stereocenters. The van der Waals surface area contributed by atoms with Crippen molar-refractivity contribution in [3.05, 3.63) is 16.1 Å². The molecule has 0 fully saturated rings. The molecular weight excluding hydrogens is 286 g/mol. The first-order chi connectivity index (χ1) is 9.55. The van der Waals surface area contributed by atoms with Crippen LogP contribution in [-0.4, -0.2) is 16.0 Å². The highest BCUT2D eigenvalue weighted by molar-refractivity contribution is 7.16. The molecule has 1 atom stereocenters. The number of anilines is 1. The number of rotatable bonds is 6. The minimum atomic E-state index is 0.439. The maximum absolute atomic E-state index is 4.75. The number of nitrogens with zero attached hydrogens (tertiary/aromatic N) is 2. The van der Waals surface area contributed by atoms with Crippen LogP contribution in [0.15, 0.2) is 5.38 Å². The van der Waals surface area contributed by atoms with Gasteiger partial charge in [0, 0.05) is 11.4 Å². The third kappa shape index (κ3) is 3.38. The summed E-state index contributed by atoms with van der Waals surface area (Å²) >= 11 is 3.47. The summed E-state index contributed by atoms with van der Waals surface area (Å²) in [5.41, 5.74) is 2.26. The Labute approximate surface area is 129 Å². The molecule has 0 spiro atoms. The van der Waals surface area contributed by atoms with Crippen LogP contribution in [0.4, 0.5) is 5.13 Å². The van der Waals surface area contributed by atoms with E-state index < -0.39 is 0 Å². The van der Waals surface area contributed by atoms with E-state index in [1.54, 1.807) is 22.7 Å². The van der Waals surface area contributed by atoms with Gasteiger partial charge in [-0.3, -0.25) is 0 Å². The number of aryl methyl sites for hydroxylation is 1. The lowest BCUT2D eigenvalue weighted by atomic mass is 10.1. The van der Waals surface area contributed by atoms with Crippen molar-refractivity contribution < 1.29 is 0 Å². The Kier molecular flexibility index (Phi) is 5.16. The van der Waals surface area contributed by atoms with Crippen LogP contribution in [0.25, 0.3) is 10.6 Å². The molecule has 2 rings (SSSR count). The normalized spacial score (nSPS) is 12.9. The molecule has 110 valence electrons. The molecule has 2 heterocycles. The van der Waals surface area contributed by atoms with E-state index in [9.17, 15) is 0 Å². The molecule has 0 aromatic carbocycles. The molecule has 3 nitrogen and oxygen atoms in total. The fourth-order valence-electron chi connectivity index (χ4n) is 1.86. The average Bonchev–Trinajstić information content (AvgIpc) is 3.04. The Morgan fingerprint density at radius 3 is 2.55 bits per heavy atom. The molecule has 0 aliphatic heterocycles. The van der Waals surface area contributed by atoms with Gasteiger partial charge in [-0.05, 0) is 25.7 Å². The first-order valence-electron chi connectivity index (χ1n) is 7.27. The Hall–Kier alpha value is -0.940. The van der Waals surface area contributed by atoms with Gasteiger partial charge in [0.15, 0.2) is 5.13 Å². The van der Waals surface area contributed by atoms with Crippen LogP contribution in [0.5, 0.6) is 0 Å². The van der Waals surface area contributed by atoms with Gasteiger partial charge in [-0.15, -0.1) is 22.7 Å². The number of nitrogens with one attached hydrogen (secondary N) is 1. The van der Waals surface area contributed by atoms with Crippen LogP contribution < -0.4 is 5.32 Å². The largest absolute Gasteiger partial charge is 0.359 e. The minimum absolute atomic E-state index is 0.439. The molecule has 0 radical (unpaired) electrons. The van der Waals surface area contributed by atoms with E-state index in [0.717, 1.165) is 23.7 Å². The zero-order valence-electron chi connectivity index (χ0n) is 12.9. The summed E-state index contributed by atoms with van der Waals surface area (Å²) in [6.07, 6.45) is 2.10. The predicted molar refractivity (Wildman–Crippen MR) is 90.1 cm³/mol. The lowest BCUT2D eigenvalue weighted by molar-refractivity contribution is 0.763. The van der Waals surface area contributed by atoms with Crippen molar-refractivity contribution in [2.45, 2.75) is 59.4 Å². The number of hydrogen-bond acceptors (Lipinski definition) is 5. The topological polar surface area (TPSA) is 37.8 Å². The zero-order valence-corrected chi connectivity index (χ0v) is 14.5. The maximum Gasteiger partial charge on any atom is 0.183 e. The summed E-state index contributed by atoms with van der Waals surface area (Å²) in [7, 11) is 0. The van der Waals surface area contributed by atoms with E-state index in [0.29, 0.717) is 12.0 Å². The highest BCUT2D eigenvalue weighted by atomic mass is 32.1. The third-order valence-electron chi connectivity index (χ3n) is 3.27. The van der Waals surface area contributed by atoms with Gasteiger partial charge in [0.1, 0.15) is 0 Å². The van der Waals surface area contributed by atoms with Crippen molar-refractivity contribution in [2.24, 2.45) is 0 Å². The van der Waals surface area contributed by atoms with Crippen molar-refractivity contribution >= 4 is 27.8 Å².